The molecule has 1 aliphatic carbocycles. The van der Waals surface area contributed by atoms with Gasteiger partial charge in [-0.25, -0.2) is 0 Å². The average Bonchev–Trinajstić information content (AvgIpc) is 2.99. The normalized spacial score (nSPS) is 18.1. The van der Waals surface area contributed by atoms with Gasteiger partial charge in [-0.2, -0.15) is 0 Å². The molecule has 1 aromatic heterocycles. The first-order chi connectivity index (χ1) is 7.80. The highest BCUT2D eigenvalue weighted by Crippen LogP contribution is 2.41. The lowest BCUT2D eigenvalue weighted by Gasteiger charge is -2.35. The molecule has 1 saturated carbocycles. The highest BCUT2D eigenvalue weighted by molar-refractivity contribution is 5.10. The molecule has 1 aliphatic rings. The van der Waals surface area contributed by atoms with E-state index < -0.39 is 0 Å². The highest BCUT2D eigenvalue weighted by Gasteiger charge is 2.39. The summed E-state index contributed by atoms with van der Waals surface area (Å²) < 4.78 is 5.05. The first kappa shape index (κ1) is 11.7. The van der Waals surface area contributed by atoms with Gasteiger partial charge in [0.25, 0.3) is 0 Å². The molecule has 90 valence electrons. The minimum Gasteiger partial charge on any atom is -0.472 e. The second-order valence-electron chi connectivity index (χ2n) is 4.97. The summed E-state index contributed by atoms with van der Waals surface area (Å²) in [4.78, 5) is 0. The second kappa shape index (κ2) is 5.02. The second-order valence-corrected chi connectivity index (χ2v) is 4.97. The Morgan fingerprint density at radius 3 is 2.44 bits per heavy atom. The van der Waals surface area contributed by atoms with Crippen molar-refractivity contribution in [2.24, 2.45) is 11.3 Å². The molecule has 0 saturated heterocycles. The predicted molar refractivity (Wildman–Crippen MR) is 61.0 cm³/mol. The van der Waals surface area contributed by atoms with Crippen LogP contribution in [0, 0.1) is 11.3 Å². The van der Waals surface area contributed by atoms with Crippen LogP contribution in [0.1, 0.15) is 31.2 Å². The molecular weight excluding hydrogens is 204 g/mol. The van der Waals surface area contributed by atoms with E-state index in [0.29, 0.717) is 12.3 Å². The third-order valence-electron chi connectivity index (χ3n) is 3.99. The van der Waals surface area contributed by atoms with Gasteiger partial charge in [0.2, 0.25) is 0 Å². The summed E-state index contributed by atoms with van der Waals surface area (Å²) in [6.45, 7) is 0.110. The third-order valence-corrected chi connectivity index (χ3v) is 3.99. The minimum atomic E-state index is -0.361. The van der Waals surface area contributed by atoms with Crippen LogP contribution in [0.4, 0.5) is 0 Å². The van der Waals surface area contributed by atoms with Crippen LogP contribution >= 0.6 is 0 Å². The third kappa shape index (κ3) is 2.15. The van der Waals surface area contributed by atoms with Crippen LogP contribution in [0.25, 0.3) is 0 Å². The van der Waals surface area contributed by atoms with E-state index in [2.05, 4.69) is 0 Å². The molecule has 1 aromatic rings. The van der Waals surface area contributed by atoms with Crippen LogP contribution in [0.3, 0.4) is 0 Å². The van der Waals surface area contributed by atoms with E-state index in [-0.39, 0.29) is 18.6 Å². The fourth-order valence-electron chi connectivity index (χ4n) is 2.90. The van der Waals surface area contributed by atoms with Crippen LogP contribution in [-0.4, -0.2) is 23.4 Å². The molecule has 2 N–H and O–H groups in total. The van der Waals surface area contributed by atoms with E-state index in [1.807, 2.05) is 6.07 Å². The Morgan fingerprint density at radius 1 is 1.25 bits per heavy atom. The maximum atomic E-state index is 9.65. The average molecular weight is 224 g/mol. The summed E-state index contributed by atoms with van der Waals surface area (Å²) in [6, 6.07) is 1.91. The quantitative estimate of drug-likeness (QED) is 0.804. The molecule has 0 unspecified atom stereocenters. The molecule has 1 fully saturated rings. The van der Waals surface area contributed by atoms with Crippen molar-refractivity contribution in [1.82, 2.24) is 0 Å². The zero-order valence-corrected chi connectivity index (χ0v) is 9.56. The molecule has 3 heteroatoms. The van der Waals surface area contributed by atoms with E-state index in [0.717, 1.165) is 18.4 Å². The van der Waals surface area contributed by atoms with Gasteiger partial charge < -0.3 is 14.6 Å². The van der Waals surface area contributed by atoms with Crippen molar-refractivity contribution in [3.63, 3.8) is 0 Å². The lowest BCUT2D eigenvalue weighted by molar-refractivity contribution is 0.00562. The largest absolute Gasteiger partial charge is 0.472 e. The van der Waals surface area contributed by atoms with Crippen molar-refractivity contribution in [1.29, 1.82) is 0 Å². The predicted octanol–water partition coefficient (Wildman–Crippen LogP) is 1.98. The van der Waals surface area contributed by atoms with Crippen LogP contribution < -0.4 is 0 Å². The van der Waals surface area contributed by atoms with Gasteiger partial charge in [-0.15, -0.1) is 0 Å². The number of aliphatic hydroxyl groups is 2. The summed E-state index contributed by atoms with van der Waals surface area (Å²) in [5.74, 6) is 0.442. The Hall–Kier alpha value is -0.800. The molecule has 0 spiro atoms. The van der Waals surface area contributed by atoms with E-state index >= 15 is 0 Å². The number of hydrogen-bond acceptors (Lipinski definition) is 3. The first-order valence-corrected chi connectivity index (χ1v) is 6.03. The van der Waals surface area contributed by atoms with Crippen molar-refractivity contribution in [3.05, 3.63) is 24.2 Å². The maximum Gasteiger partial charge on any atom is 0.0934 e. The molecule has 0 radical (unpaired) electrons. The Balaban J connectivity index is 2.13. The Kier molecular flexibility index (Phi) is 3.66. The Labute approximate surface area is 96.1 Å². The van der Waals surface area contributed by atoms with Crippen LogP contribution in [-0.2, 0) is 6.42 Å². The topological polar surface area (TPSA) is 53.6 Å². The summed E-state index contributed by atoms with van der Waals surface area (Å²) in [5.41, 5.74) is 0.704. The molecule has 0 bridgehead atoms. The first-order valence-electron chi connectivity index (χ1n) is 6.03. The number of aliphatic hydroxyl groups excluding tert-OH is 2. The molecule has 2 rings (SSSR count). The molecule has 0 aromatic carbocycles. The van der Waals surface area contributed by atoms with E-state index in [1.165, 1.54) is 12.8 Å². The van der Waals surface area contributed by atoms with Gasteiger partial charge in [-0.05, 0) is 36.8 Å². The lowest BCUT2D eigenvalue weighted by atomic mass is 9.72. The van der Waals surface area contributed by atoms with Crippen molar-refractivity contribution < 1.29 is 14.6 Å². The Morgan fingerprint density at radius 2 is 1.94 bits per heavy atom. The molecule has 3 nitrogen and oxygen atoms in total. The highest BCUT2D eigenvalue weighted by atomic mass is 16.3. The fraction of sp³-hybridized carbons (Fsp3) is 0.692. The van der Waals surface area contributed by atoms with E-state index in [9.17, 15) is 10.2 Å². The molecule has 16 heavy (non-hydrogen) atoms. The zero-order valence-electron chi connectivity index (χ0n) is 9.56. The summed E-state index contributed by atoms with van der Waals surface area (Å²) >= 11 is 0. The van der Waals surface area contributed by atoms with E-state index in [4.69, 9.17) is 4.42 Å². The van der Waals surface area contributed by atoms with E-state index in [1.54, 1.807) is 12.5 Å². The van der Waals surface area contributed by atoms with Crippen LogP contribution in [0.15, 0.2) is 23.0 Å². The smallest absolute Gasteiger partial charge is 0.0934 e. The van der Waals surface area contributed by atoms with Crippen molar-refractivity contribution in [3.8, 4) is 0 Å². The maximum absolute atomic E-state index is 9.65. The standard InChI is InChI=1S/C13H20O3/c14-9-13(10-15,12-3-1-2-4-12)7-11-5-6-16-8-11/h5-6,8,12,14-15H,1-4,7,9-10H2. The van der Waals surface area contributed by atoms with Gasteiger partial charge in [0, 0.05) is 5.41 Å². The summed E-state index contributed by atoms with van der Waals surface area (Å²) in [6.07, 6.45) is 8.74. The molecule has 0 aliphatic heterocycles. The van der Waals surface area contributed by atoms with Crippen LogP contribution in [0.2, 0.25) is 0 Å². The summed E-state index contributed by atoms with van der Waals surface area (Å²) in [5, 5.41) is 19.3. The van der Waals surface area contributed by atoms with Crippen molar-refractivity contribution in [2.75, 3.05) is 13.2 Å². The van der Waals surface area contributed by atoms with Gasteiger partial charge in [0.05, 0.1) is 25.7 Å². The van der Waals surface area contributed by atoms with Gasteiger partial charge in [-0.1, -0.05) is 12.8 Å². The van der Waals surface area contributed by atoms with Gasteiger partial charge in [0.15, 0.2) is 0 Å². The Bertz CT molecular complexity index is 295. The number of rotatable bonds is 5. The number of furan rings is 1. The monoisotopic (exact) mass is 224 g/mol. The molecule has 1 heterocycles. The zero-order chi connectivity index (χ0) is 11.4. The molecule has 0 amide bonds. The fourth-order valence-corrected chi connectivity index (χ4v) is 2.90. The van der Waals surface area contributed by atoms with Gasteiger partial charge >= 0.3 is 0 Å². The minimum absolute atomic E-state index is 0.0549. The summed E-state index contributed by atoms with van der Waals surface area (Å²) in [7, 11) is 0. The van der Waals surface area contributed by atoms with Gasteiger partial charge in [-0.3, -0.25) is 0 Å². The lowest BCUT2D eigenvalue weighted by Crippen LogP contribution is -2.39. The van der Waals surface area contributed by atoms with Gasteiger partial charge in [0.1, 0.15) is 0 Å². The molecule has 0 atom stereocenters. The molecular formula is C13H20O3. The van der Waals surface area contributed by atoms with Crippen molar-refractivity contribution >= 4 is 0 Å². The van der Waals surface area contributed by atoms with Crippen LogP contribution in [0.5, 0.6) is 0 Å². The van der Waals surface area contributed by atoms with Crippen molar-refractivity contribution in [2.45, 2.75) is 32.1 Å². The SMILES string of the molecule is OCC(CO)(Cc1ccoc1)C1CCCC1. The number of hydrogen-bond donors (Lipinski definition) is 2.